The molecule has 0 saturated carbocycles. The van der Waals surface area contributed by atoms with Gasteiger partial charge in [0.15, 0.2) is 5.11 Å². The van der Waals surface area contributed by atoms with Crippen LogP contribution in [0.5, 0.6) is 0 Å². The molecule has 0 radical (unpaired) electrons. The van der Waals surface area contributed by atoms with Gasteiger partial charge in [-0.2, -0.15) is 0 Å². The fourth-order valence-electron chi connectivity index (χ4n) is 1.05. The van der Waals surface area contributed by atoms with Crippen molar-refractivity contribution < 1.29 is 4.74 Å². The third kappa shape index (κ3) is 7.99. The van der Waals surface area contributed by atoms with Gasteiger partial charge in [-0.3, -0.25) is 0 Å². The van der Waals surface area contributed by atoms with Crippen LogP contribution in [0.15, 0.2) is 0 Å². The molecule has 0 aromatic carbocycles. The minimum absolute atomic E-state index is 0.451. The molecule has 0 heterocycles. The SMILES string of the molecule is CCCC(C)NC(=S)NCCOC. The number of hydrogen-bond donors (Lipinski definition) is 2. The molecule has 13 heavy (non-hydrogen) atoms. The third-order valence-corrected chi connectivity index (χ3v) is 1.95. The zero-order chi connectivity index (χ0) is 10.1. The van der Waals surface area contributed by atoms with Gasteiger partial charge in [-0.05, 0) is 25.6 Å². The molecule has 2 N–H and O–H groups in total. The Labute approximate surface area is 86.2 Å². The number of hydrogen-bond acceptors (Lipinski definition) is 2. The van der Waals surface area contributed by atoms with Gasteiger partial charge in [-0.15, -0.1) is 0 Å². The minimum Gasteiger partial charge on any atom is -0.383 e. The van der Waals surface area contributed by atoms with Gasteiger partial charge < -0.3 is 15.4 Å². The summed E-state index contributed by atoms with van der Waals surface area (Å²) in [7, 11) is 1.68. The largest absolute Gasteiger partial charge is 0.383 e. The van der Waals surface area contributed by atoms with E-state index in [9.17, 15) is 0 Å². The van der Waals surface area contributed by atoms with Crippen LogP contribution in [-0.4, -0.2) is 31.4 Å². The summed E-state index contributed by atoms with van der Waals surface area (Å²) in [6.07, 6.45) is 2.32. The summed E-state index contributed by atoms with van der Waals surface area (Å²) in [5, 5.41) is 6.99. The van der Waals surface area contributed by atoms with Crippen LogP contribution >= 0.6 is 12.2 Å². The maximum atomic E-state index is 5.08. The molecule has 0 amide bonds. The van der Waals surface area contributed by atoms with Crippen LogP contribution < -0.4 is 10.6 Å². The van der Waals surface area contributed by atoms with Gasteiger partial charge in [-0.25, -0.2) is 0 Å². The molecule has 0 aliphatic carbocycles. The highest BCUT2D eigenvalue weighted by atomic mass is 32.1. The molecule has 0 aliphatic heterocycles. The molecule has 0 aromatic heterocycles. The molecule has 0 fully saturated rings. The van der Waals surface area contributed by atoms with E-state index in [-0.39, 0.29) is 0 Å². The highest BCUT2D eigenvalue weighted by Gasteiger charge is 2.01. The molecule has 0 aromatic rings. The summed E-state index contributed by atoms with van der Waals surface area (Å²) >= 11 is 5.08. The smallest absolute Gasteiger partial charge is 0.166 e. The number of thiocarbonyl (C=S) groups is 1. The van der Waals surface area contributed by atoms with Gasteiger partial charge in [-0.1, -0.05) is 13.3 Å². The summed E-state index contributed by atoms with van der Waals surface area (Å²) in [6.45, 7) is 5.75. The summed E-state index contributed by atoms with van der Waals surface area (Å²) in [5.74, 6) is 0. The van der Waals surface area contributed by atoms with Crippen LogP contribution in [0, 0.1) is 0 Å². The predicted molar refractivity (Wildman–Crippen MR) is 60.0 cm³/mol. The normalized spacial score (nSPS) is 12.2. The first-order valence-corrected chi connectivity index (χ1v) is 5.14. The Morgan fingerprint density at radius 2 is 2.23 bits per heavy atom. The molecule has 0 aliphatic rings. The molecule has 0 rings (SSSR count). The molecular weight excluding hydrogens is 184 g/mol. The average Bonchev–Trinajstić information content (AvgIpc) is 2.05. The molecule has 4 heteroatoms. The second-order valence-corrected chi connectivity index (χ2v) is 3.49. The first kappa shape index (κ1) is 12.7. The zero-order valence-electron chi connectivity index (χ0n) is 8.72. The average molecular weight is 204 g/mol. The maximum absolute atomic E-state index is 5.08. The van der Waals surface area contributed by atoms with Gasteiger partial charge in [0.05, 0.1) is 6.61 Å². The minimum atomic E-state index is 0.451. The van der Waals surface area contributed by atoms with E-state index in [0.717, 1.165) is 18.1 Å². The summed E-state index contributed by atoms with van der Waals surface area (Å²) in [5.41, 5.74) is 0. The number of ether oxygens (including phenoxy) is 1. The van der Waals surface area contributed by atoms with Crippen molar-refractivity contribution in [3.63, 3.8) is 0 Å². The molecule has 78 valence electrons. The van der Waals surface area contributed by atoms with E-state index in [1.807, 2.05) is 0 Å². The number of rotatable bonds is 6. The van der Waals surface area contributed by atoms with Crippen LogP contribution in [0.25, 0.3) is 0 Å². The Kier molecular flexibility index (Phi) is 8.04. The highest BCUT2D eigenvalue weighted by Crippen LogP contribution is 1.93. The highest BCUT2D eigenvalue weighted by molar-refractivity contribution is 7.80. The molecule has 0 saturated heterocycles. The van der Waals surface area contributed by atoms with E-state index in [2.05, 4.69) is 24.5 Å². The molecule has 0 spiro atoms. The van der Waals surface area contributed by atoms with Crippen LogP contribution in [-0.2, 0) is 4.74 Å². The van der Waals surface area contributed by atoms with Crippen molar-refractivity contribution in [1.82, 2.24) is 10.6 Å². The lowest BCUT2D eigenvalue weighted by atomic mass is 10.2. The lowest BCUT2D eigenvalue weighted by molar-refractivity contribution is 0.204. The monoisotopic (exact) mass is 204 g/mol. The molecule has 0 bridgehead atoms. The van der Waals surface area contributed by atoms with Gasteiger partial charge >= 0.3 is 0 Å². The van der Waals surface area contributed by atoms with Crippen molar-refractivity contribution in [2.75, 3.05) is 20.3 Å². The van der Waals surface area contributed by atoms with Crippen molar-refractivity contribution in [2.24, 2.45) is 0 Å². The van der Waals surface area contributed by atoms with E-state index < -0.39 is 0 Å². The summed E-state index contributed by atoms with van der Waals surface area (Å²) < 4.78 is 4.89. The van der Waals surface area contributed by atoms with Crippen molar-refractivity contribution >= 4 is 17.3 Å². The van der Waals surface area contributed by atoms with Crippen LogP contribution in [0.3, 0.4) is 0 Å². The maximum Gasteiger partial charge on any atom is 0.166 e. The Balaban J connectivity index is 3.38. The van der Waals surface area contributed by atoms with E-state index in [4.69, 9.17) is 17.0 Å². The van der Waals surface area contributed by atoms with E-state index in [1.165, 1.54) is 6.42 Å². The molecular formula is C9H20N2OS. The molecule has 1 unspecified atom stereocenters. The van der Waals surface area contributed by atoms with Crippen molar-refractivity contribution in [3.05, 3.63) is 0 Å². The van der Waals surface area contributed by atoms with Crippen LogP contribution in [0.1, 0.15) is 26.7 Å². The van der Waals surface area contributed by atoms with Gasteiger partial charge in [0.25, 0.3) is 0 Å². The molecule has 1 atom stereocenters. The predicted octanol–water partition coefficient (Wildman–Crippen LogP) is 1.29. The van der Waals surface area contributed by atoms with Gasteiger partial charge in [0, 0.05) is 19.7 Å². The second-order valence-electron chi connectivity index (χ2n) is 3.08. The molecule has 3 nitrogen and oxygen atoms in total. The lowest BCUT2D eigenvalue weighted by Gasteiger charge is -2.15. The topological polar surface area (TPSA) is 33.3 Å². The van der Waals surface area contributed by atoms with Crippen molar-refractivity contribution in [3.8, 4) is 0 Å². The third-order valence-electron chi connectivity index (χ3n) is 1.69. The zero-order valence-corrected chi connectivity index (χ0v) is 9.54. The first-order valence-electron chi connectivity index (χ1n) is 4.74. The first-order chi connectivity index (χ1) is 6.20. The Morgan fingerprint density at radius 1 is 1.54 bits per heavy atom. The Hall–Kier alpha value is -0.350. The quantitative estimate of drug-likeness (QED) is 0.504. The fraction of sp³-hybridized carbons (Fsp3) is 0.889. The van der Waals surface area contributed by atoms with E-state index in [1.54, 1.807) is 7.11 Å². The van der Waals surface area contributed by atoms with Crippen molar-refractivity contribution in [1.29, 1.82) is 0 Å². The van der Waals surface area contributed by atoms with Crippen LogP contribution in [0.4, 0.5) is 0 Å². The fourth-order valence-corrected chi connectivity index (χ4v) is 1.35. The van der Waals surface area contributed by atoms with Gasteiger partial charge in [0.2, 0.25) is 0 Å². The summed E-state index contributed by atoms with van der Waals surface area (Å²) in [4.78, 5) is 0. The Morgan fingerprint density at radius 3 is 2.77 bits per heavy atom. The number of methoxy groups -OCH3 is 1. The lowest BCUT2D eigenvalue weighted by Crippen LogP contribution is -2.41. The van der Waals surface area contributed by atoms with E-state index >= 15 is 0 Å². The number of nitrogens with one attached hydrogen (secondary N) is 2. The standard InChI is InChI=1S/C9H20N2OS/c1-4-5-8(2)11-9(13)10-6-7-12-3/h8H,4-7H2,1-3H3,(H2,10,11,13). The van der Waals surface area contributed by atoms with Gasteiger partial charge in [0.1, 0.15) is 0 Å². The van der Waals surface area contributed by atoms with Crippen LogP contribution in [0.2, 0.25) is 0 Å². The Bertz CT molecular complexity index is 142. The van der Waals surface area contributed by atoms with Crippen molar-refractivity contribution in [2.45, 2.75) is 32.7 Å². The second kappa shape index (κ2) is 8.26. The van der Waals surface area contributed by atoms with E-state index in [0.29, 0.717) is 12.6 Å². The summed E-state index contributed by atoms with van der Waals surface area (Å²) in [6, 6.07) is 0.451.